The summed E-state index contributed by atoms with van der Waals surface area (Å²) in [6, 6.07) is 6.43. The Morgan fingerprint density at radius 3 is 2.76 bits per heavy atom. The molecule has 33 heavy (non-hydrogen) atoms. The van der Waals surface area contributed by atoms with E-state index in [0.717, 1.165) is 57.4 Å². The minimum absolute atomic E-state index is 0.0119. The molecule has 170 valence electrons. The van der Waals surface area contributed by atoms with Gasteiger partial charge in [0.25, 0.3) is 5.91 Å². The van der Waals surface area contributed by atoms with Crippen LogP contribution in [0.3, 0.4) is 0 Å². The van der Waals surface area contributed by atoms with Gasteiger partial charge in [0.15, 0.2) is 5.82 Å². The van der Waals surface area contributed by atoms with Crippen LogP contribution in [-0.4, -0.2) is 52.3 Å². The average molecular weight is 446 g/mol. The summed E-state index contributed by atoms with van der Waals surface area (Å²) in [4.78, 5) is 34.7. The largest absolute Gasteiger partial charge is 0.365 e. The minimum Gasteiger partial charge on any atom is -0.365 e. The lowest BCUT2D eigenvalue weighted by Crippen LogP contribution is -2.48. The number of aromatic nitrogens is 2. The van der Waals surface area contributed by atoms with Crippen LogP contribution in [0, 0.1) is 12.5 Å². The van der Waals surface area contributed by atoms with E-state index in [2.05, 4.69) is 43.4 Å². The molecule has 0 spiro atoms. The molecule has 1 saturated carbocycles. The second-order valence-corrected chi connectivity index (χ2v) is 9.26. The van der Waals surface area contributed by atoms with Crippen molar-refractivity contribution in [3.63, 3.8) is 0 Å². The summed E-state index contributed by atoms with van der Waals surface area (Å²) in [6.07, 6.45) is 7.59. The van der Waals surface area contributed by atoms with E-state index < -0.39 is 11.4 Å². The first-order valence-electron chi connectivity index (χ1n) is 11.4. The van der Waals surface area contributed by atoms with Crippen molar-refractivity contribution in [2.45, 2.75) is 44.2 Å². The average Bonchev–Trinajstić information content (AvgIpc) is 3.40. The maximum atomic E-state index is 12.3. The topological polar surface area (TPSA) is 110 Å². The molecule has 3 N–H and O–H groups in total. The van der Waals surface area contributed by atoms with E-state index in [0.29, 0.717) is 0 Å². The molecule has 0 atom stereocenters. The Hall–Kier alpha value is -3.51. The van der Waals surface area contributed by atoms with E-state index in [-0.39, 0.29) is 29.8 Å². The first kappa shape index (κ1) is 21.3. The van der Waals surface area contributed by atoms with Crippen LogP contribution in [-0.2, 0) is 23.3 Å². The predicted molar refractivity (Wildman–Crippen MR) is 124 cm³/mol. The summed E-state index contributed by atoms with van der Waals surface area (Å²) >= 11 is 0. The van der Waals surface area contributed by atoms with Gasteiger partial charge >= 0.3 is 0 Å². The molecule has 3 aliphatic rings. The summed E-state index contributed by atoms with van der Waals surface area (Å²) in [5.74, 6) is -0.575. The van der Waals surface area contributed by atoms with Gasteiger partial charge in [0, 0.05) is 44.4 Å². The summed E-state index contributed by atoms with van der Waals surface area (Å²) < 4.78 is 1.71. The lowest BCUT2D eigenvalue weighted by molar-refractivity contribution is -0.117. The quantitative estimate of drug-likeness (QED) is 0.638. The van der Waals surface area contributed by atoms with Gasteiger partial charge in [-0.25, -0.2) is 6.57 Å². The summed E-state index contributed by atoms with van der Waals surface area (Å²) in [7, 11) is 0. The Bertz CT molecular complexity index is 1160. The summed E-state index contributed by atoms with van der Waals surface area (Å²) in [5.41, 5.74) is 8.81. The van der Waals surface area contributed by atoms with Gasteiger partial charge in [0.1, 0.15) is 11.1 Å². The van der Waals surface area contributed by atoms with E-state index in [4.69, 9.17) is 12.3 Å². The Labute approximate surface area is 192 Å². The van der Waals surface area contributed by atoms with Crippen LogP contribution < -0.4 is 11.1 Å². The Morgan fingerprint density at radius 1 is 1.27 bits per heavy atom. The van der Waals surface area contributed by atoms with Crippen LogP contribution in [0.25, 0.3) is 4.85 Å². The fourth-order valence-electron chi connectivity index (χ4n) is 4.72. The molecule has 9 heteroatoms. The lowest BCUT2D eigenvalue weighted by Gasteiger charge is -2.38. The zero-order valence-electron chi connectivity index (χ0n) is 18.5. The number of hydrogen-bond acceptors (Lipinski definition) is 5. The highest BCUT2D eigenvalue weighted by Crippen LogP contribution is 2.34. The molecule has 5 rings (SSSR count). The van der Waals surface area contributed by atoms with Crippen molar-refractivity contribution < 1.29 is 9.59 Å². The molecule has 0 unspecified atom stereocenters. The van der Waals surface area contributed by atoms with E-state index in [1.165, 1.54) is 11.1 Å². The number of carbonyl (C=O) groups excluding carboxylic acids is 2. The smallest absolute Gasteiger partial charge is 0.254 e. The van der Waals surface area contributed by atoms with Gasteiger partial charge in [-0.15, -0.1) is 0 Å². The third-order valence-electron chi connectivity index (χ3n) is 6.91. The molecule has 2 amide bonds. The zero-order chi connectivity index (χ0) is 23.0. The number of benzene rings is 1. The number of fused-ring (bicyclic) bond motifs is 1. The number of nitrogens with two attached hydrogens (primary N) is 1. The molecule has 2 aliphatic heterocycles. The fourth-order valence-corrected chi connectivity index (χ4v) is 4.72. The minimum atomic E-state index is -0.636. The van der Waals surface area contributed by atoms with E-state index >= 15 is 0 Å². The zero-order valence-corrected chi connectivity index (χ0v) is 18.5. The second-order valence-electron chi connectivity index (χ2n) is 9.26. The Morgan fingerprint density at radius 2 is 2.06 bits per heavy atom. The highest BCUT2D eigenvalue weighted by atomic mass is 16.2. The second kappa shape index (κ2) is 8.45. The van der Waals surface area contributed by atoms with Gasteiger partial charge in [-0.05, 0) is 42.9 Å². The molecule has 1 saturated heterocycles. The van der Waals surface area contributed by atoms with Crippen LogP contribution in [0.4, 0.5) is 11.5 Å². The molecular formula is C24H27N7O2. The molecular weight excluding hydrogens is 418 g/mol. The molecule has 9 nitrogen and oxygen atoms in total. The van der Waals surface area contributed by atoms with Crippen molar-refractivity contribution in [1.82, 2.24) is 14.7 Å². The number of hydrogen-bond donors (Lipinski definition) is 2. The van der Waals surface area contributed by atoms with E-state index in [9.17, 15) is 9.59 Å². The molecule has 2 aromatic rings. The van der Waals surface area contributed by atoms with Gasteiger partial charge in [0.05, 0.1) is 5.69 Å². The number of nitrogens with zero attached hydrogens (tertiary/aromatic N) is 5. The van der Waals surface area contributed by atoms with Crippen molar-refractivity contribution in [3.05, 3.63) is 52.5 Å². The Balaban J connectivity index is 1.32. The standard InChI is InChI=1S/C24H27N7O2/c1-26-15-24(31-14-19(21(25)32)22(29-31)28-23(33)17-3-4-17)7-10-30(11-8-24)13-16-2-5-20-18(12-16)6-9-27-20/h2,5,9,12,14,17H,3-4,6-8,10-11,13,15H2,(H2,25,32)(H,28,29,33). The molecule has 2 fully saturated rings. The van der Waals surface area contributed by atoms with Gasteiger partial charge in [-0.1, -0.05) is 12.1 Å². The van der Waals surface area contributed by atoms with Crippen LogP contribution in [0.5, 0.6) is 0 Å². The van der Waals surface area contributed by atoms with Gasteiger partial charge < -0.3 is 15.9 Å². The number of nitrogens with one attached hydrogen (secondary N) is 1. The van der Waals surface area contributed by atoms with E-state index in [1.54, 1.807) is 10.9 Å². The first-order valence-corrected chi connectivity index (χ1v) is 11.4. The monoisotopic (exact) mass is 445 g/mol. The van der Waals surface area contributed by atoms with Crippen molar-refractivity contribution in [3.8, 4) is 0 Å². The van der Waals surface area contributed by atoms with Gasteiger partial charge in [-0.2, -0.15) is 5.10 Å². The molecule has 0 bridgehead atoms. The van der Waals surface area contributed by atoms with Crippen molar-refractivity contribution in [2.75, 3.05) is 25.0 Å². The number of anilines is 1. The summed E-state index contributed by atoms with van der Waals surface area (Å²) in [6.45, 7) is 10.2. The first-order chi connectivity index (χ1) is 16.0. The number of carbonyl (C=O) groups is 2. The SMILES string of the molecule is [C-]#[N+]CC1(n2cc(C(N)=O)c(NC(=O)C3CC3)n2)CCN(Cc2ccc3c(c2)CC=N3)CC1. The maximum Gasteiger partial charge on any atom is 0.254 e. The number of rotatable bonds is 7. The number of piperidine rings is 1. The maximum absolute atomic E-state index is 12.3. The highest BCUT2D eigenvalue weighted by Gasteiger charge is 2.41. The highest BCUT2D eigenvalue weighted by molar-refractivity contribution is 6.02. The van der Waals surface area contributed by atoms with Crippen LogP contribution >= 0.6 is 0 Å². The van der Waals surface area contributed by atoms with Crippen LogP contribution in [0.15, 0.2) is 29.4 Å². The Kier molecular flexibility index (Phi) is 5.46. The normalized spacial score (nSPS) is 19.1. The molecule has 1 aromatic heterocycles. The van der Waals surface area contributed by atoms with Crippen LogP contribution in [0.1, 0.15) is 47.2 Å². The van der Waals surface area contributed by atoms with Crippen molar-refractivity contribution >= 4 is 29.5 Å². The number of amides is 2. The van der Waals surface area contributed by atoms with E-state index in [1.807, 2.05) is 6.21 Å². The molecule has 3 heterocycles. The lowest BCUT2D eigenvalue weighted by atomic mass is 9.87. The number of likely N-dealkylation sites (tertiary alicyclic amines) is 1. The molecule has 1 aromatic carbocycles. The van der Waals surface area contributed by atoms with Gasteiger partial charge in [-0.3, -0.25) is 24.2 Å². The fraction of sp³-hybridized carbons (Fsp3) is 0.458. The summed E-state index contributed by atoms with van der Waals surface area (Å²) in [5, 5.41) is 7.32. The third kappa shape index (κ3) is 4.26. The van der Waals surface area contributed by atoms with Crippen molar-refractivity contribution in [2.24, 2.45) is 16.6 Å². The predicted octanol–water partition coefficient (Wildman–Crippen LogP) is 2.50. The molecule has 1 aliphatic carbocycles. The number of primary amides is 1. The van der Waals surface area contributed by atoms with Crippen LogP contribution in [0.2, 0.25) is 0 Å². The number of aliphatic imine (C=N–C) groups is 1. The molecule has 0 radical (unpaired) electrons. The third-order valence-corrected chi connectivity index (χ3v) is 6.91. The van der Waals surface area contributed by atoms with Crippen molar-refractivity contribution in [1.29, 1.82) is 0 Å². The van der Waals surface area contributed by atoms with Gasteiger partial charge in [0.2, 0.25) is 12.5 Å².